The SMILES string of the molecule is CN1CCCC(C(=O)NCc2cccc(N3CCCC3=O)c2)C1. The Balaban J connectivity index is 1.58. The zero-order chi connectivity index (χ0) is 16.2. The van der Waals surface area contributed by atoms with Gasteiger partial charge in [-0.15, -0.1) is 0 Å². The van der Waals surface area contributed by atoms with Gasteiger partial charge in [0.15, 0.2) is 0 Å². The van der Waals surface area contributed by atoms with Crippen LogP contribution in [0, 0.1) is 5.92 Å². The van der Waals surface area contributed by atoms with Crippen molar-refractivity contribution >= 4 is 17.5 Å². The number of amides is 2. The average molecular weight is 315 g/mol. The number of carbonyl (C=O) groups excluding carboxylic acids is 2. The minimum Gasteiger partial charge on any atom is -0.352 e. The highest BCUT2D eigenvalue weighted by Gasteiger charge is 2.24. The highest BCUT2D eigenvalue weighted by atomic mass is 16.2. The molecule has 2 heterocycles. The van der Waals surface area contributed by atoms with E-state index in [1.807, 2.05) is 29.2 Å². The van der Waals surface area contributed by atoms with E-state index >= 15 is 0 Å². The van der Waals surface area contributed by atoms with E-state index in [-0.39, 0.29) is 17.7 Å². The second-order valence-corrected chi connectivity index (χ2v) is 6.64. The molecule has 2 fully saturated rings. The third-order valence-electron chi connectivity index (χ3n) is 4.76. The molecule has 1 aromatic rings. The van der Waals surface area contributed by atoms with Crippen molar-refractivity contribution in [1.82, 2.24) is 10.2 Å². The number of benzene rings is 1. The van der Waals surface area contributed by atoms with Gasteiger partial charge in [-0.1, -0.05) is 12.1 Å². The summed E-state index contributed by atoms with van der Waals surface area (Å²) in [6.07, 6.45) is 3.62. The minimum absolute atomic E-state index is 0.0945. The molecule has 1 atom stereocenters. The quantitative estimate of drug-likeness (QED) is 0.921. The van der Waals surface area contributed by atoms with Crippen LogP contribution >= 0.6 is 0 Å². The molecule has 0 aliphatic carbocycles. The molecular formula is C18H25N3O2. The number of nitrogens with one attached hydrogen (secondary N) is 1. The number of rotatable bonds is 4. The van der Waals surface area contributed by atoms with Crippen molar-refractivity contribution < 1.29 is 9.59 Å². The average Bonchev–Trinajstić information content (AvgIpc) is 2.99. The summed E-state index contributed by atoms with van der Waals surface area (Å²) in [6.45, 7) is 3.24. The number of anilines is 1. The van der Waals surface area contributed by atoms with Crippen LogP contribution in [0.5, 0.6) is 0 Å². The Hall–Kier alpha value is -1.88. The van der Waals surface area contributed by atoms with E-state index in [0.717, 1.165) is 50.1 Å². The zero-order valence-corrected chi connectivity index (χ0v) is 13.8. The van der Waals surface area contributed by atoms with Crippen molar-refractivity contribution in [2.24, 2.45) is 5.92 Å². The van der Waals surface area contributed by atoms with Crippen LogP contribution in [0.4, 0.5) is 5.69 Å². The molecule has 2 amide bonds. The first-order chi connectivity index (χ1) is 11.1. The van der Waals surface area contributed by atoms with Crippen molar-refractivity contribution in [1.29, 1.82) is 0 Å². The van der Waals surface area contributed by atoms with E-state index in [1.165, 1.54) is 0 Å². The largest absolute Gasteiger partial charge is 0.352 e. The monoisotopic (exact) mass is 315 g/mol. The molecular weight excluding hydrogens is 290 g/mol. The lowest BCUT2D eigenvalue weighted by Crippen LogP contribution is -2.41. The zero-order valence-electron chi connectivity index (χ0n) is 13.8. The summed E-state index contributed by atoms with van der Waals surface area (Å²) in [5.41, 5.74) is 1.98. The van der Waals surface area contributed by atoms with Crippen molar-refractivity contribution in [2.45, 2.75) is 32.2 Å². The molecule has 124 valence electrons. The summed E-state index contributed by atoms with van der Waals surface area (Å²) >= 11 is 0. The summed E-state index contributed by atoms with van der Waals surface area (Å²) in [5, 5.41) is 3.05. The number of likely N-dealkylation sites (tertiary alicyclic amines) is 1. The maximum Gasteiger partial charge on any atom is 0.227 e. The molecule has 2 aliphatic rings. The van der Waals surface area contributed by atoms with Crippen LogP contribution in [-0.4, -0.2) is 43.4 Å². The van der Waals surface area contributed by atoms with Crippen molar-refractivity contribution in [3.8, 4) is 0 Å². The summed E-state index contributed by atoms with van der Waals surface area (Å²) in [5.74, 6) is 0.424. The van der Waals surface area contributed by atoms with Gasteiger partial charge in [0.05, 0.1) is 5.92 Å². The lowest BCUT2D eigenvalue weighted by molar-refractivity contribution is -0.126. The predicted octanol–water partition coefficient (Wildman–Crippen LogP) is 1.77. The van der Waals surface area contributed by atoms with Crippen molar-refractivity contribution in [3.05, 3.63) is 29.8 Å². The van der Waals surface area contributed by atoms with Gasteiger partial charge in [-0.3, -0.25) is 9.59 Å². The first-order valence-electron chi connectivity index (χ1n) is 8.49. The van der Waals surface area contributed by atoms with Crippen molar-refractivity contribution in [2.75, 3.05) is 31.6 Å². The number of nitrogens with zero attached hydrogens (tertiary/aromatic N) is 2. The Morgan fingerprint density at radius 3 is 2.91 bits per heavy atom. The maximum atomic E-state index is 12.3. The van der Waals surface area contributed by atoms with Gasteiger partial charge in [0.25, 0.3) is 0 Å². The van der Waals surface area contributed by atoms with Gasteiger partial charge in [0.2, 0.25) is 11.8 Å². The molecule has 2 aliphatic heterocycles. The van der Waals surface area contributed by atoms with E-state index in [9.17, 15) is 9.59 Å². The highest BCUT2D eigenvalue weighted by Crippen LogP contribution is 2.22. The third-order valence-corrected chi connectivity index (χ3v) is 4.76. The molecule has 2 saturated heterocycles. The molecule has 1 aromatic carbocycles. The van der Waals surface area contributed by atoms with Crippen LogP contribution in [0.3, 0.4) is 0 Å². The normalized spacial score (nSPS) is 22.4. The van der Waals surface area contributed by atoms with E-state index < -0.39 is 0 Å². The number of hydrogen-bond acceptors (Lipinski definition) is 3. The second kappa shape index (κ2) is 7.13. The Kier molecular flexibility index (Phi) is 4.96. The van der Waals surface area contributed by atoms with Gasteiger partial charge in [-0.05, 0) is 50.6 Å². The van der Waals surface area contributed by atoms with E-state index in [4.69, 9.17) is 0 Å². The molecule has 1 N–H and O–H groups in total. The first-order valence-corrected chi connectivity index (χ1v) is 8.49. The summed E-state index contributed by atoms with van der Waals surface area (Å²) < 4.78 is 0. The first kappa shape index (κ1) is 16.0. The molecule has 0 spiro atoms. The molecule has 5 heteroatoms. The second-order valence-electron chi connectivity index (χ2n) is 6.64. The van der Waals surface area contributed by atoms with Crippen LogP contribution in [0.15, 0.2) is 24.3 Å². The van der Waals surface area contributed by atoms with Gasteiger partial charge in [-0.25, -0.2) is 0 Å². The van der Waals surface area contributed by atoms with Gasteiger partial charge in [-0.2, -0.15) is 0 Å². The fraction of sp³-hybridized carbons (Fsp3) is 0.556. The standard InChI is InChI=1S/C18H25N3O2/c1-20-9-3-6-15(13-20)18(23)19-12-14-5-2-7-16(11-14)21-10-4-8-17(21)22/h2,5,7,11,15H,3-4,6,8-10,12-13H2,1H3,(H,19,23). The van der Waals surface area contributed by atoms with Gasteiger partial charge < -0.3 is 15.1 Å². The lowest BCUT2D eigenvalue weighted by atomic mass is 9.97. The predicted molar refractivity (Wildman–Crippen MR) is 90.1 cm³/mol. The van der Waals surface area contributed by atoms with Crippen molar-refractivity contribution in [3.63, 3.8) is 0 Å². The molecule has 1 unspecified atom stereocenters. The van der Waals surface area contributed by atoms with Crippen LogP contribution < -0.4 is 10.2 Å². The minimum atomic E-state index is 0.0945. The third kappa shape index (κ3) is 3.91. The topological polar surface area (TPSA) is 52.7 Å². The number of piperidine rings is 1. The van der Waals surface area contributed by atoms with Crippen LogP contribution in [0.25, 0.3) is 0 Å². The molecule has 3 rings (SSSR count). The summed E-state index contributed by atoms with van der Waals surface area (Å²) in [4.78, 5) is 28.2. The van der Waals surface area contributed by atoms with E-state index in [2.05, 4.69) is 17.3 Å². The Morgan fingerprint density at radius 2 is 2.17 bits per heavy atom. The fourth-order valence-corrected chi connectivity index (χ4v) is 3.47. The molecule has 5 nitrogen and oxygen atoms in total. The highest BCUT2D eigenvalue weighted by molar-refractivity contribution is 5.95. The van der Waals surface area contributed by atoms with Crippen LogP contribution in [-0.2, 0) is 16.1 Å². The Morgan fingerprint density at radius 1 is 1.30 bits per heavy atom. The number of hydrogen-bond donors (Lipinski definition) is 1. The summed E-state index contributed by atoms with van der Waals surface area (Å²) in [6, 6.07) is 7.93. The molecule has 0 aromatic heterocycles. The lowest BCUT2D eigenvalue weighted by Gasteiger charge is -2.28. The number of carbonyl (C=O) groups is 2. The van der Waals surface area contributed by atoms with Gasteiger partial charge in [0.1, 0.15) is 0 Å². The molecule has 0 radical (unpaired) electrons. The van der Waals surface area contributed by atoms with E-state index in [0.29, 0.717) is 13.0 Å². The molecule has 23 heavy (non-hydrogen) atoms. The fourth-order valence-electron chi connectivity index (χ4n) is 3.47. The van der Waals surface area contributed by atoms with E-state index in [1.54, 1.807) is 0 Å². The van der Waals surface area contributed by atoms with Crippen LogP contribution in [0.1, 0.15) is 31.2 Å². The van der Waals surface area contributed by atoms with Crippen LogP contribution in [0.2, 0.25) is 0 Å². The summed E-state index contributed by atoms with van der Waals surface area (Å²) in [7, 11) is 2.07. The van der Waals surface area contributed by atoms with Gasteiger partial charge in [0, 0.05) is 31.7 Å². The Labute approximate surface area is 137 Å². The molecule has 0 bridgehead atoms. The molecule has 0 saturated carbocycles. The smallest absolute Gasteiger partial charge is 0.227 e. The maximum absolute atomic E-state index is 12.3. The Bertz CT molecular complexity index is 587. The van der Waals surface area contributed by atoms with Gasteiger partial charge >= 0.3 is 0 Å².